The Morgan fingerprint density at radius 3 is 2.29 bits per heavy atom. The van der Waals surface area contributed by atoms with Crippen LogP contribution in [0.25, 0.3) is 0 Å². The van der Waals surface area contributed by atoms with Gasteiger partial charge in [0.1, 0.15) is 0 Å². The first-order valence-electron chi connectivity index (χ1n) is 6.75. The molecule has 0 aliphatic heterocycles. The quantitative estimate of drug-likeness (QED) is 0.908. The minimum atomic E-state index is -4.48. The summed E-state index contributed by atoms with van der Waals surface area (Å²) in [6.45, 7) is 5.16. The van der Waals surface area contributed by atoms with Crippen LogP contribution in [0.2, 0.25) is 0 Å². The van der Waals surface area contributed by atoms with Crippen molar-refractivity contribution in [2.45, 2.75) is 45.5 Å². The van der Waals surface area contributed by atoms with Gasteiger partial charge >= 0.3 is 6.18 Å². The van der Waals surface area contributed by atoms with Crippen molar-refractivity contribution in [1.82, 2.24) is 4.90 Å². The summed E-state index contributed by atoms with van der Waals surface area (Å²) >= 11 is 0. The molecule has 1 atom stereocenters. The lowest BCUT2D eigenvalue weighted by Crippen LogP contribution is -2.42. The van der Waals surface area contributed by atoms with Crippen molar-refractivity contribution in [2.24, 2.45) is 0 Å². The summed E-state index contributed by atoms with van der Waals surface area (Å²) in [5.74, 6) is -0.428. The molecule has 0 aromatic heterocycles. The van der Waals surface area contributed by atoms with E-state index >= 15 is 0 Å². The Morgan fingerprint density at radius 2 is 1.81 bits per heavy atom. The molecule has 0 heterocycles. The standard InChI is InChI=1S/C15H20F3NO2/c1-10(2)19(9-11(3)20)14(21)8-12-6-4-5-7-13(12)15(16,17)18/h4-7,10-11,20H,8-9H2,1-3H3. The topological polar surface area (TPSA) is 40.5 Å². The van der Waals surface area contributed by atoms with E-state index in [1.54, 1.807) is 13.8 Å². The molecule has 0 spiro atoms. The largest absolute Gasteiger partial charge is 0.416 e. The Hall–Kier alpha value is -1.56. The number of aliphatic hydroxyl groups is 1. The fourth-order valence-corrected chi connectivity index (χ4v) is 2.10. The monoisotopic (exact) mass is 303 g/mol. The average Bonchev–Trinajstić information content (AvgIpc) is 2.34. The second kappa shape index (κ2) is 6.93. The zero-order valence-electron chi connectivity index (χ0n) is 12.3. The minimum absolute atomic E-state index is 0.0498. The molecule has 6 heteroatoms. The predicted octanol–water partition coefficient (Wildman–Crippen LogP) is 2.87. The van der Waals surface area contributed by atoms with Crippen molar-refractivity contribution in [2.75, 3.05) is 6.54 Å². The van der Waals surface area contributed by atoms with E-state index in [2.05, 4.69) is 0 Å². The average molecular weight is 303 g/mol. The molecule has 0 saturated carbocycles. The first kappa shape index (κ1) is 17.5. The smallest absolute Gasteiger partial charge is 0.392 e. The number of rotatable bonds is 5. The van der Waals surface area contributed by atoms with Crippen LogP contribution in [0.3, 0.4) is 0 Å². The van der Waals surface area contributed by atoms with Gasteiger partial charge in [-0.3, -0.25) is 4.79 Å². The Balaban J connectivity index is 2.97. The maximum absolute atomic E-state index is 12.9. The van der Waals surface area contributed by atoms with Gasteiger partial charge in [-0.15, -0.1) is 0 Å². The van der Waals surface area contributed by atoms with Crippen LogP contribution >= 0.6 is 0 Å². The molecule has 0 fully saturated rings. The summed E-state index contributed by atoms with van der Waals surface area (Å²) in [7, 11) is 0. The van der Waals surface area contributed by atoms with Gasteiger partial charge in [-0.1, -0.05) is 18.2 Å². The SMILES string of the molecule is CC(O)CN(C(=O)Cc1ccccc1C(F)(F)F)C(C)C. The van der Waals surface area contributed by atoms with Crippen LogP contribution < -0.4 is 0 Å². The lowest BCUT2D eigenvalue weighted by Gasteiger charge is -2.28. The van der Waals surface area contributed by atoms with Crippen molar-refractivity contribution in [3.8, 4) is 0 Å². The number of amides is 1. The van der Waals surface area contributed by atoms with Gasteiger partial charge in [0.25, 0.3) is 0 Å². The lowest BCUT2D eigenvalue weighted by atomic mass is 10.0. The number of aliphatic hydroxyl groups excluding tert-OH is 1. The third-order valence-electron chi connectivity index (χ3n) is 3.07. The highest BCUT2D eigenvalue weighted by molar-refractivity contribution is 5.79. The van der Waals surface area contributed by atoms with Crippen LogP contribution in [0.1, 0.15) is 31.9 Å². The van der Waals surface area contributed by atoms with Gasteiger partial charge in [0.05, 0.1) is 18.1 Å². The fraction of sp³-hybridized carbons (Fsp3) is 0.533. The van der Waals surface area contributed by atoms with Crippen molar-refractivity contribution >= 4 is 5.91 Å². The summed E-state index contributed by atoms with van der Waals surface area (Å²) < 4.78 is 38.7. The summed E-state index contributed by atoms with van der Waals surface area (Å²) in [4.78, 5) is 13.6. The van der Waals surface area contributed by atoms with Crippen molar-refractivity contribution < 1.29 is 23.1 Å². The highest BCUT2D eigenvalue weighted by Gasteiger charge is 2.33. The van der Waals surface area contributed by atoms with Crippen LogP contribution in [-0.2, 0) is 17.4 Å². The highest BCUT2D eigenvalue weighted by Crippen LogP contribution is 2.32. The van der Waals surface area contributed by atoms with Gasteiger partial charge in [-0.25, -0.2) is 0 Å². The second-order valence-electron chi connectivity index (χ2n) is 5.32. The molecule has 0 aliphatic rings. The molecule has 0 aliphatic carbocycles. The molecule has 0 radical (unpaired) electrons. The van der Waals surface area contributed by atoms with E-state index in [0.717, 1.165) is 6.07 Å². The number of carbonyl (C=O) groups excluding carboxylic acids is 1. The van der Waals surface area contributed by atoms with E-state index in [9.17, 15) is 23.1 Å². The molecule has 0 bridgehead atoms. The molecule has 0 saturated heterocycles. The molecule has 1 amide bonds. The van der Waals surface area contributed by atoms with Gasteiger partial charge < -0.3 is 10.0 Å². The van der Waals surface area contributed by atoms with Crippen molar-refractivity contribution in [1.29, 1.82) is 0 Å². The predicted molar refractivity (Wildman–Crippen MR) is 73.7 cm³/mol. The molecule has 1 N–H and O–H groups in total. The first-order chi connectivity index (χ1) is 9.62. The lowest BCUT2D eigenvalue weighted by molar-refractivity contribution is -0.139. The van der Waals surface area contributed by atoms with Gasteiger partial charge in [0.2, 0.25) is 5.91 Å². The summed E-state index contributed by atoms with van der Waals surface area (Å²) in [6.07, 6.45) is -5.54. The molecule has 1 aromatic rings. The molecule has 118 valence electrons. The van der Waals surface area contributed by atoms with Gasteiger partial charge in [-0.2, -0.15) is 13.2 Å². The number of alkyl halides is 3. The first-order valence-corrected chi connectivity index (χ1v) is 6.75. The molecule has 1 rings (SSSR count). The van der Waals surface area contributed by atoms with Crippen LogP contribution in [0.5, 0.6) is 0 Å². The number of benzene rings is 1. The molecule has 1 aromatic carbocycles. The maximum Gasteiger partial charge on any atom is 0.416 e. The van der Waals surface area contributed by atoms with E-state index in [4.69, 9.17) is 0 Å². The Morgan fingerprint density at radius 1 is 1.24 bits per heavy atom. The normalized spacial score (nSPS) is 13.3. The highest BCUT2D eigenvalue weighted by atomic mass is 19.4. The van der Waals surface area contributed by atoms with E-state index in [1.165, 1.54) is 30.0 Å². The zero-order valence-corrected chi connectivity index (χ0v) is 12.3. The molecular formula is C15H20F3NO2. The van der Waals surface area contributed by atoms with Crippen LogP contribution in [0, 0.1) is 0 Å². The number of carbonyl (C=O) groups is 1. The van der Waals surface area contributed by atoms with E-state index in [-0.39, 0.29) is 24.6 Å². The molecule has 21 heavy (non-hydrogen) atoms. The third kappa shape index (κ3) is 5.04. The maximum atomic E-state index is 12.9. The Bertz CT molecular complexity index is 484. The third-order valence-corrected chi connectivity index (χ3v) is 3.07. The van der Waals surface area contributed by atoms with Gasteiger partial charge in [0.15, 0.2) is 0 Å². The number of halogens is 3. The Kier molecular flexibility index (Phi) is 5.78. The zero-order chi connectivity index (χ0) is 16.2. The molecular weight excluding hydrogens is 283 g/mol. The van der Waals surface area contributed by atoms with Crippen LogP contribution in [0.4, 0.5) is 13.2 Å². The number of hydrogen-bond donors (Lipinski definition) is 1. The second-order valence-corrected chi connectivity index (χ2v) is 5.32. The number of hydrogen-bond acceptors (Lipinski definition) is 2. The van der Waals surface area contributed by atoms with Crippen LogP contribution in [0.15, 0.2) is 24.3 Å². The fourth-order valence-electron chi connectivity index (χ4n) is 2.10. The molecule has 1 unspecified atom stereocenters. The summed E-state index contributed by atoms with van der Waals surface area (Å²) in [6, 6.07) is 4.86. The van der Waals surface area contributed by atoms with E-state index in [0.29, 0.717) is 0 Å². The van der Waals surface area contributed by atoms with Crippen LogP contribution in [-0.4, -0.2) is 34.6 Å². The van der Waals surface area contributed by atoms with Gasteiger partial charge in [-0.05, 0) is 32.4 Å². The summed E-state index contributed by atoms with van der Waals surface area (Å²) in [5, 5.41) is 9.40. The number of nitrogens with zero attached hydrogens (tertiary/aromatic N) is 1. The van der Waals surface area contributed by atoms with E-state index < -0.39 is 23.8 Å². The van der Waals surface area contributed by atoms with Gasteiger partial charge in [0, 0.05) is 12.6 Å². The van der Waals surface area contributed by atoms with Crippen molar-refractivity contribution in [3.63, 3.8) is 0 Å². The minimum Gasteiger partial charge on any atom is -0.392 e. The molecule has 3 nitrogen and oxygen atoms in total. The van der Waals surface area contributed by atoms with E-state index in [1.807, 2.05) is 0 Å². The Labute approximate surface area is 122 Å². The summed E-state index contributed by atoms with van der Waals surface area (Å²) in [5.41, 5.74) is -0.842. The van der Waals surface area contributed by atoms with Crippen molar-refractivity contribution in [3.05, 3.63) is 35.4 Å².